The molecule has 2 rings (SSSR count). The van der Waals surface area contributed by atoms with Crippen molar-refractivity contribution in [1.82, 2.24) is 14.5 Å². The third-order valence-corrected chi connectivity index (χ3v) is 3.95. The lowest BCUT2D eigenvalue weighted by molar-refractivity contribution is 0.211. The zero-order chi connectivity index (χ0) is 15.6. The Kier molecular flexibility index (Phi) is 5.18. The van der Waals surface area contributed by atoms with Crippen molar-refractivity contribution in [3.05, 3.63) is 29.0 Å². The van der Waals surface area contributed by atoms with E-state index in [1.807, 2.05) is 12.1 Å². The molecule has 0 aliphatic rings. The van der Waals surface area contributed by atoms with Gasteiger partial charge in [-0.1, -0.05) is 31.5 Å². The number of benzene rings is 1. The van der Waals surface area contributed by atoms with Crippen LogP contribution in [-0.4, -0.2) is 41.0 Å². The van der Waals surface area contributed by atoms with Crippen LogP contribution in [0.2, 0.25) is 5.02 Å². The van der Waals surface area contributed by atoms with E-state index >= 15 is 0 Å². The smallest absolute Gasteiger partial charge is 0.111 e. The van der Waals surface area contributed by atoms with E-state index in [4.69, 9.17) is 28.2 Å². The Morgan fingerprint density at radius 3 is 2.62 bits per heavy atom. The van der Waals surface area contributed by atoms with Crippen LogP contribution in [-0.2, 0) is 13.0 Å². The quantitative estimate of drug-likeness (QED) is 0.746. The predicted molar refractivity (Wildman–Crippen MR) is 91.5 cm³/mol. The number of halogens is 2. The lowest BCUT2D eigenvalue weighted by Crippen LogP contribution is -2.32. The van der Waals surface area contributed by atoms with Gasteiger partial charge in [0.15, 0.2) is 0 Å². The highest BCUT2D eigenvalue weighted by molar-refractivity contribution is 6.34. The molecule has 3 nitrogen and oxygen atoms in total. The van der Waals surface area contributed by atoms with Gasteiger partial charge in [-0.2, -0.15) is 0 Å². The fourth-order valence-corrected chi connectivity index (χ4v) is 3.33. The molecule has 0 bridgehead atoms. The van der Waals surface area contributed by atoms with Gasteiger partial charge >= 0.3 is 0 Å². The number of para-hydroxylation sites is 1. The van der Waals surface area contributed by atoms with Crippen molar-refractivity contribution >= 4 is 34.2 Å². The first-order valence-electron chi connectivity index (χ1n) is 7.18. The Balaban J connectivity index is 2.45. The van der Waals surface area contributed by atoms with Gasteiger partial charge in [-0.05, 0) is 31.6 Å². The van der Waals surface area contributed by atoms with Gasteiger partial charge in [0.25, 0.3) is 0 Å². The molecule has 0 spiro atoms. The zero-order valence-electron chi connectivity index (χ0n) is 13.2. The summed E-state index contributed by atoms with van der Waals surface area (Å²) in [6, 6.07) is 5.95. The average Bonchev–Trinajstić information content (AvgIpc) is 2.68. The van der Waals surface area contributed by atoms with E-state index in [9.17, 15) is 0 Å². The largest absolute Gasteiger partial charge is 0.327 e. The Labute approximate surface area is 136 Å². The molecule has 0 N–H and O–H groups in total. The van der Waals surface area contributed by atoms with Crippen LogP contribution in [0, 0.1) is 5.41 Å². The summed E-state index contributed by atoms with van der Waals surface area (Å²) >= 11 is 12.2. The first kappa shape index (κ1) is 16.6. The molecule has 0 aliphatic carbocycles. The third-order valence-electron chi connectivity index (χ3n) is 3.46. The maximum Gasteiger partial charge on any atom is 0.111 e. The van der Waals surface area contributed by atoms with Crippen LogP contribution < -0.4 is 0 Å². The van der Waals surface area contributed by atoms with Crippen molar-refractivity contribution in [2.75, 3.05) is 26.5 Å². The molecule has 0 radical (unpaired) electrons. The van der Waals surface area contributed by atoms with Gasteiger partial charge in [-0.3, -0.25) is 0 Å². The monoisotopic (exact) mass is 327 g/mol. The van der Waals surface area contributed by atoms with Crippen LogP contribution in [0.3, 0.4) is 0 Å². The summed E-state index contributed by atoms with van der Waals surface area (Å²) in [7, 11) is 4.20. The first-order chi connectivity index (χ1) is 9.84. The minimum Gasteiger partial charge on any atom is -0.327 e. The van der Waals surface area contributed by atoms with Crippen LogP contribution in [0.15, 0.2) is 18.2 Å². The molecule has 1 aromatic heterocycles. The predicted octanol–water partition coefficient (Wildman–Crippen LogP) is 4.06. The molecule has 0 saturated carbocycles. The molecule has 116 valence electrons. The Morgan fingerprint density at radius 2 is 2.00 bits per heavy atom. The van der Waals surface area contributed by atoms with Gasteiger partial charge in [0.05, 0.1) is 10.5 Å². The minimum atomic E-state index is 0.139. The topological polar surface area (TPSA) is 21.1 Å². The van der Waals surface area contributed by atoms with E-state index < -0.39 is 0 Å². The van der Waals surface area contributed by atoms with E-state index in [0.29, 0.717) is 10.9 Å². The second kappa shape index (κ2) is 6.55. The minimum absolute atomic E-state index is 0.139. The molecule has 2 aromatic rings. The highest BCUT2D eigenvalue weighted by atomic mass is 35.5. The maximum atomic E-state index is 6.28. The lowest BCUT2D eigenvalue weighted by atomic mass is 9.92. The summed E-state index contributed by atoms with van der Waals surface area (Å²) in [6.07, 6.45) is 0.755. The Morgan fingerprint density at radius 1 is 1.29 bits per heavy atom. The van der Waals surface area contributed by atoms with Gasteiger partial charge in [-0.25, -0.2) is 4.98 Å². The molecule has 0 fully saturated rings. The molecule has 0 atom stereocenters. The molecule has 21 heavy (non-hydrogen) atoms. The zero-order valence-corrected chi connectivity index (χ0v) is 14.7. The first-order valence-corrected chi connectivity index (χ1v) is 8.09. The molecule has 5 heteroatoms. The fourth-order valence-electron chi connectivity index (χ4n) is 2.95. The number of aromatic nitrogens is 2. The molecule has 0 amide bonds. The molecule has 1 aromatic carbocycles. The highest BCUT2D eigenvalue weighted by Gasteiger charge is 2.23. The van der Waals surface area contributed by atoms with Gasteiger partial charge in [0.2, 0.25) is 0 Å². The van der Waals surface area contributed by atoms with Crippen LogP contribution in [0.1, 0.15) is 19.7 Å². The summed E-state index contributed by atoms with van der Waals surface area (Å²) in [5, 5.41) is 0.701. The molecular weight excluding hydrogens is 305 g/mol. The van der Waals surface area contributed by atoms with Gasteiger partial charge in [0, 0.05) is 25.4 Å². The number of fused-ring (bicyclic) bond motifs is 1. The molecule has 0 aliphatic heterocycles. The third kappa shape index (κ3) is 3.91. The summed E-state index contributed by atoms with van der Waals surface area (Å²) in [5.74, 6) is 1.58. The maximum absolute atomic E-state index is 6.28. The number of hydrogen-bond donors (Lipinski definition) is 0. The molecule has 0 saturated heterocycles. The molecule has 0 unspecified atom stereocenters. The number of nitrogens with zero attached hydrogens (tertiary/aromatic N) is 3. The summed E-state index contributed by atoms with van der Waals surface area (Å²) in [4.78, 5) is 6.91. The Hall–Kier alpha value is -0.770. The molecule has 1 heterocycles. The standard InChI is InChI=1S/C16H23Cl2N3/c1-16(2,10-20(3)4)11-21-13-7-5-6-12(18)15(13)19-14(21)8-9-17/h5-7H,8-11H2,1-4H3. The number of rotatable bonds is 6. The van der Waals surface area contributed by atoms with E-state index in [2.05, 4.69) is 43.5 Å². The number of alkyl halides is 1. The van der Waals surface area contributed by atoms with Crippen LogP contribution in [0.25, 0.3) is 11.0 Å². The van der Waals surface area contributed by atoms with E-state index in [1.165, 1.54) is 0 Å². The summed E-state index contributed by atoms with van der Waals surface area (Å²) < 4.78 is 2.27. The second-order valence-corrected chi connectivity index (χ2v) is 7.35. The van der Waals surface area contributed by atoms with Gasteiger partial charge in [0.1, 0.15) is 11.3 Å². The summed E-state index contributed by atoms with van der Waals surface area (Å²) in [5.41, 5.74) is 2.11. The number of hydrogen-bond acceptors (Lipinski definition) is 2. The fraction of sp³-hybridized carbons (Fsp3) is 0.562. The summed E-state index contributed by atoms with van der Waals surface area (Å²) in [6.45, 7) is 6.45. The Bertz CT molecular complexity index is 617. The van der Waals surface area contributed by atoms with Crippen molar-refractivity contribution in [3.8, 4) is 0 Å². The van der Waals surface area contributed by atoms with Crippen molar-refractivity contribution in [3.63, 3.8) is 0 Å². The van der Waals surface area contributed by atoms with Crippen molar-refractivity contribution in [1.29, 1.82) is 0 Å². The number of imidazole rings is 1. The SMILES string of the molecule is CN(C)CC(C)(C)Cn1c(CCCl)nc2c(Cl)cccc21. The second-order valence-electron chi connectivity index (χ2n) is 6.56. The van der Waals surface area contributed by atoms with Crippen LogP contribution in [0.4, 0.5) is 0 Å². The average molecular weight is 328 g/mol. The normalized spacial score (nSPS) is 12.5. The van der Waals surface area contributed by atoms with Crippen molar-refractivity contribution in [2.45, 2.75) is 26.8 Å². The van der Waals surface area contributed by atoms with Crippen molar-refractivity contribution in [2.24, 2.45) is 5.41 Å². The molecular formula is C16H23Cl2N3. The van der Waals surface area contributed by atoms with Crippen molar-refractivity contribution < 1.29 is 0 Å². The van der Waals surface area contributed by atoms with Crippen LogP contribution >= 0.6 is 23.2 Å². The van der Waals surface area contributed by atoms with E-state index in [0.717, 1.165) is 36.4 Å². The number of aryl methyl sites for hydroxylation is 1. The van der Waals surface area contributed by atoms with E-state index in [-0.39, 0.29) is 5.41 Å². The van der Waals surface area contributed by atoms with Gasteiger partial charge in [-0.15, -0.1) is 11.6 Å². The lowest BCUT2D eigenvalue weighted by Gasteiger charge is -2.29. The van der Waals surface area contributed by atoms with Crippen LogP contribution in [0.5, 0.6) is 0 Å². The van der Waals surface area contributed by atoms with Gasteiger partial charge < -0.3 is 9.47 Å². The van der Waals surface area contributed by atoms with E-state index in [1.54, 1.807) is 0 Å². The highest BCUT2D eigenvalue weighted by Crippen LogP contribution is 2.28.